The number of carbonyl (C=O) groups is 2. The Balaban J connectivity index is 1.50. The van der Waals surface area contributed by atoms with Crippen molar-refractivity contribution < 1.29 is 18.4 Å². The Morgan fingerprint density at radius 3 is 2.47 bits per heavy atom. The molecule has 1 fully saturated rings. The van der Waals surface area contributed by atoms with Crippen molar-refractivity contribution in [1.82, 2.24) is 14.8 Å². The molecule has 2 aromatic heterocycles. The third-order valence-corrected chi connectivity index (χ3v) is 7.37. The third kappa shape index (κ3) is 4.04. The Kier molecular flexibility index (Phi) is 5.80. The zero-order valence-corrected chi connectivity index (χ0v) is 19.6. The first-order valence-corrected chi connectivity index (χ1v) is 12.0. The van der Waals surface area contributed by atoms with Gasteiger partial charge in [-0.15, -0.1) is 0 Å². The van der Waals surface area contributed by atoms with E-state index in [9.17, 15) is 14.0 Å². The number of fused-ring (bicyclic) bond motifs is 1. The van der Waals surface area contributed by atoms with Crippen molar-refractivity contribution in [1.29, 1.82) is 0 Å². The summed E-state index contributed by atoms with van der Waals surface area (Å²) in [6, 6.07) is 13.5. The summed E-state index contributed by atoms with van der Waals surface area (Å²) in [7, 11) is 0. The molecule has 1 N–H and O–H groups in total. The topological polar surface area (TPSA) is 67.5 Å². The summed E-state index contributed by atoms with van der Waals surface area (Å²) in [5.41, 5.74) is 0.916. The van der Waals surface area contributed by atoms with Crippen molar-refractivity contribution >= 4 is 11.8 Å². The van der Waals surface area contributed by atoms with E-state index in [1.165, 1.54) is 12.1 Å². The molecular formula is C27H30FN3O3. The van der Waals surface area contributed by atoms with E-state index in [1.807, 2.05) is 23.6 Å². The molecule has 0 radical (unpaired) electrons. The predicted octanol–water partition coefficient (Wildman–Crippen LogP) is 5.00. The van der Waals surface area contributed by atoms with E-state index in [-0.39, 0.29) is 30.2 Å². The molecule has 6 nitrogen and oxygen atoms in total. The fourth-order valence-corrected chi connectivity index (χ4v) is 5.18. The van der Waals surface area contributed by atoms with Crippen LogP contribution in [0.5, 0.6) is 0 Å². The monoisotopic (exact) mass is 463 g/mol. The highest BCUT2D eigenvalue weighted by Crippen LogP contribution is 2.35. The number of halogens is 1. The van der Waals surface area contributed by atoms with Crippen LogP contribution in [0, 0.1) is 11.7 Å². The zero-order chi connectivity index (χ0) is 23.9. The van der Waals surface area contributed by atoms with Crippen LogP contribution in [-0.2, 0) is 17.9 Å². The SMILES string of the molecule is CC1CCC(NC(=O)[C@@]2(C)Cn3c(ccc3-c3ccco3)C(=O)N2Cc2ccc(F)cc2)CC1. The minimum absolute atomic E-state index is 0.110. The van der Waals surface area contributed by atoms with E-state index in [0.717, 1.165) is 36.9 Å². The predicted molar refractivity (Wildman–Crippen MR) is 126 cm³/mol. The molecule has 178 valence electrons. The number of aromatic nitrogens is 1. The molecule has 1 aliphatic carbocycles. The normalized spacial score (nSPS) is 24.7. The molecule has 0 spiro atoms. The lowest BCUT2D eigenvalue weighted by Gasteiger charge is -2.45. The molecule has 0 unspecified atom stereocenters. The second kappa shape index (κ2) is 8.78. The summed E-state index contributed by atoms with van der Waals surface area (Å²) < 4.78 is 21.0. The van der Waals surface area contributed by atoms with Crippen molar-refractivity contribution in [3.05, 3.63) is 71.9 Å². The number of hydrogen-bond donors (Lipinski definition) is 1. The molecule has 1 aromatic carbocycles. The lowest BCUT2D eigenvalue weighted by Crippen LogP contribution is -2.64. The van der Waals surface area contributed by atoms with Crippen LogP contribution in [0.4, 0.5) is 4.39 Å². The van der Waals surface area contributed by atoms with Gasteiger partial charge in [0.1, 0.15) is 22.8 Å². The lowest BCUT2D eigenvalue weighted by atomic mass is 9.86. The van der Waals surface area contributed by atoms with Crippen LogP contribution in [0.2, 0.25) is 0 Å². The van der Waals surface area contributed by atoms with E-state index < -0.39 is 5.54 Å². The summed E-state index contributed by atoms with van der Waals surface area (Å²) in [6.07, 6.45) is 5.66. The van der Waals surface area contributed by atoms with Crippen LogP contribution >= 0.6 is 0 Å². The van der Waals surface area contributed by atoms with Crippen LogP contribution in [-0.4, -0.2) is 32.9 Å². The maximum absolute atomic E-state index is 13.8. The molecule has 0 saturated heterocycles. The van der Waals surface area contributed by atoms with Crippen LogP contribution in [0.3, 0.4) is 0 Å². The van der Waals surface area contributed by atoms with Gasteiger partial charge >= 0.3 is 0 Å². The molecule has 1 saturated carbocycles. The Bertz CT molecular complexity index is 1180. The zero-order valence-electron chi connectivity index (χ0n) is 19.6. The minimum Gasteiger partial charge on any atom is -0.463 e. The van der Waals surface area contributed by atoms with Gasteiger partial charge in [-0.25, -0.2) is 4.39 Å². The average Bonchev–Trinajstić information content (AvgIpc) is 3.49. The second-order valence-electron chi connectivity index (χ2n) is 9.89. The first-order chi connectivity index (χ1) is 16.3. The molecule has 1 aliphatic heterocycles. The molecule has 7 heteroatoms. The average molecular weight is 464 g/mol. The molecule has 1 atom stereocenters. The molecular weight excluding hydrogens is 433 g/mol. The van der Waals surface area contributed by atoms with Gasteiger partial charge < -0.3 is 19.2 Å². The molecule has 2 aliphatic rings. The van der Waals surface area contributed by atoms with E-state index >= 15 is 0 Å². The highest BCUT2D eigenvalue weighted by atomic mass is 19.1. The van der Waals surface area contributed by atoms with Crippen LogP contribution in [0.1, 0.15) is 55.6 Å². The summed E-state index contributed by atoms with van der Waals surface area (Å²) in [5, 5.41) is 3.24. The van der Waals surface area contributed by atoms with Gasteiger partial charge in [0, 0.05) is 12.6 Å². The highest BCUT2D eigenvalue weighted by Gasteiger charge is 2.48. The third-order valence-electron chi connectivity index (χ3n) is 7.37. The van der Waals surface area contributed by atoms with Crippen molar-refractivity contribution in [3.63, 3.8) is 0 Å². The minimum atomic E-state index is -1.12. The summed E-state index contributed by atoms with van der Waals surface area (Å²) in [6.45, 7) is 4.58. The van der Waals surface area contributed by atoms with Gasteiger partial charge in [0.2, 0.25) is 5.91 Å². The number of rotatable bonds is 5. The molecule has 3 heterocycles. The first kappa shape index (κ1) is 22.4. The first-order valence-electron chi connectivity index (χ1n) is 12.0. The quantitative estimate of drug-likeness (QED) is 0.579. The Hall–Kier alpha value is -3.35. The number of nitrogens with one attached hydrogen (secondary N) is 1. The smallest absolute Gasteiger partial charge is 0.271 e. The molecule has 3 aromatic rings. The van der Waals surface area contributed by atoms with Gasteiger partial charge in [-0.1, -0.05) is 19.1 Å². The van der Waals surface area contributed by atoms with Crippen molar-refractivity contribution in [3.8, 4) is 11.5 Å². The van der Waals surface area contributed by atoms with E-state index in [1.54, 1.807) is 35.4 Å². The van der Waals surface area contributed by atoms with Crippen LogP contribution in [0.15, 0.2) is 59.2 Å². The van der Waals surface area contributed by atoms with Gasteiger partial charge in [0.25, 0.3) is 5.91 Å². The van der Waals surface area contributed by atoms with Gasteiger partial charge in [-0.05, 0) is 80.5 Å². The molecule has 2 amide bonds. The van der Waals surface area contributed by atoms with Crippen molar-refractivity contribution in [2.24, 2.45) is 5.92 Å². The number of furan rings is 1. The summed E-state index contributed by atoms with van der Waals surface area (Å²) >= 11 is 0. The molecule has 34 heavy (non-hydrogen) atoms. The molecule has 5 rings (SSSR count). The largest absolute Gasteiger partial charge is 0.463 e. The number of nitrogens with zero attached hydrogens (tertiary/aromatic N) is 2. The fourth-order valence-electron chi connectivity index (χ4n) is 5.18. The fraction of sp³-hybridized carbons (Fsp3) is 0.407. The van der Waals surface area contributed by atoms with Gasteiger partial charge in [0.05, 0.1) is 18.5 Å². The standard InChI is InChI=1S/C27H30FN3O3/c1-18-5-11-21(12-6-18)29-26(33)27(2)17-30-22(24-4-3-15-34-24)13-14-23(30)25(32)31(27)16-19-7-9-20(28)10-8-19/h3-4,7-10,13-15,18,21H,5-6,11-12,16-17H2,1-2H3,(H,29,33)/t18?,21?,27-/m1/s1. The Morgan fingerprint density at radius 1 is 1.09 bits per heavy atom. The number of carbonyl (C=O) groups excluding carboxylic acids is 2. The highest BCUT2D eigenvalue weighted by molar-refractivity contribution is 6.00. The summed E-state index contributed by atoms with van der Waals surface area (Å²) in [5.74, 6) is 0.594. The van der Waals surface area contributed by atoms with Gasteiger partial charge in [-0.2, -0.15) is 0 Å². The van der Waals surface area contributed by atoms with Crippen molar-refractivity contribution in [2.45, 2.75) is 64.2 Å². The molecule has 0 bridgehead atoms. The number of benzene rings is 1. The number of amides is 2. The van der Waals surface area contributed by atoms with Crippen LogP contribution < -0.4 is 5.32 Å². The van der Waals surface area contributed by atoms with Crippen LogP contribution in [0.25, 0.3) is 11.5 Å². The second-order valence-corrected chi connectivity index (χ2v) is 9.89. The summed E-state index contributed by atoms with van der Waals surface area (Å²) in [4.78, 5) is 29.2. The maximum atomic E-state index is 13.8. The van der Waals surface area contributed by atoms with E-state index in [0.29, 0.717) is 23.9 Å². The van der Waals surface area contributed by atoms with E-state index in [4.69, 9.17) is 4.42 Å². The Labute approximate surface area is 198 Å². The number of hydrogen-bond acceptors (Lipinski definition) is 3. The van der Waals surface area contributed by atoms with Gasteiger partial charge in [0.15, 0.2) is 0 Å². The maximum Gasteiger partial charge on any atom is 0.271 e. The lowest BCUT2D eigenvalue weighted by molar-refractivity contribution is -0.134. The van der Waals surface area contributed by atoms with E-state index in [2.05, 4.69) is 12.2 Å². The van der Waals surface area contributed by atoms with Crippen molar-refractivity contribution in [2.75, 3.05) is 0 Å². The van der Waals surface area contributed by atoms with Gasteiger partial charge in [-0.3, -0.25) is 9.59 Å². The Morgan fingerprint density at radius 2 is 1.79 bits per heavy atom.